The van der Waals surface area contributed by atoms with E-state index in [-0.39, 0.29) is 11.3 Å². The number of H-pyrrole nitrogens is 1. The monoisotopic (exact) mass is 244 g/mol. The van der Waals surface area contributed by atoms with Gasteiger partial charge >= 0.3 is 0 Å². The number of aliphatic hydroxyl groups excluding tert-OH is 1. The Labute approximate surface area is 103 Å². The van der Waals surface area contributed by atoms with Crippen LogP contribution in [0.2, 0.25) is 0 Å². The van der Waals surface area contributed by atoms with Crippen molar-refractivity contribution in [1.29, 1.82) is 0 Å². The van der Waals surface area contributed by atoms with Crippen molar-refractivity contribution in [3.63, 3.8) is 0 Å². The fraction of sp³-hybridized carbons (Fsp3) is 0.0833. The molecule has 6 nitrogen and oxygen atoms in total. The molecular formula is C12H12N4O2. The van der Waals surface area contributed by atoms with Crippen molar-refractivity contribution < 1.29 is 9.90 Å². The highest BCUT2D eigenvalue weighted by Gasteiger charge is 2.05. The number of amides is 1. The van der Waals surface area contributed by atoms with Gasteiger partial charge in [-0.1, -0.05) is 0 Å². The lowest BCUT2D eigenvalue weighted by molar-refractivity contribution is -0.114. The fourth-order valence-electron chi connectivity index (χ4n) is 1.48. The van der Waals surface area contributed by atoms with Crippen LogP contribution in [0.1, 0.15) is 6.92 Å². The van der Waals surface area contributed by atoms with Crippen LogP contribution in [-0.2, 0) is 4.79 Å². The normalized spacial score (nSPS) is 12.9. The number of carbonyl (C=O) groups is 1. The van der Waals surface area contributed by atoms with Crippen molar-refractivity contribution in [2.75, 3.05) is 0 Å². The second-order valence-electron chi connectivity index (χ2n) is 3.76. The van der Waals surface area contributed by atoms with Crippen LogP contribution in [0.25, 0.3) is 10.9 Å². The molecule has 0 saturated carbocycles. The van der Waals surface area contributed by atoms with Crippen molar-refractivity contribution >= 4 is 28.7 Å². The average Bonchev–Trinajstić information content (AvgIpc) is 2.75. The van der Waals surface area contributed by atoms with E-state index in [9.17, 15) is 9.90 Å². The van der Waals surface area contributed by atoms with Gasteiger partial charge in [-0.25, -0.2) is 0 Å². The number of primary amides is 1. The van der Waals surface area contributed by atoms with E-state index in [1.807, 2.05) is 6.07 Å². The van der Waals surface area contributed by atoms with Crippen LogP contribution in [0, 0.1) is 0 Å². The minimum absolute atomic E-state index is 0.0142. The van der Waals surface area contributed by atoms with E-state index < -0.39 is 5.91 Å². The maximum atomic E-state index is 11.0. The maximum Gasteiger partial charge on any atom is 0.253 e. The Hall–Kier alpha value is -2.63. The molecule has 0 unspecified atom stereocenters. The number of fused-ring (bicyclic) bond motifs is 1. The van der Waals surface area contributed by atoms with E-state index in [1.54, 1.807) is 18.3 Å². The average molecular weight is 244 g/mol. The lowest BCUT2D eigenvalue weighted by Gasteiger charge is -1.98. The summed E-state index contributed by atoms with van der Waals surface area (Å²) in [4.78, 5) is 15.1. The first-order valence-corrected chi connectivity index (χ1v) is 5.25. The molecular weight excluding hydrogens is 232 g/mol. The topological polar surface area (TPSA) is 104 Å². The van der Waals surface area contributed by atoms with Crippen molar-refractivity contribution in [3.05, 3.63) is 35.7 Å². The molecule has 4 N–H and O–H groups in total. The Bertz CT molecular complexity index is 651. The van der Waals surface area contributed by atoms with Crippen LogP contribution in [0.15, 0.2) is 40.7 Å². The maximum absolute atomic E-state index is 11.0. The zero-order chi connectivity index (χ0) is 13.1. The number of aliphatic imine (C=N–C) groups is 1. The third kappa shape index (κ3) is 2.37. The molecule has 92 valence electrons. The molecule has 1 amide bonds. The second-order valence-corrected chi connectivity index (χ2v) is 3.76. The Morgan fingerprint density at radius 1 is 1.56 bits per heavy atom. The van der Waals surface area contributed by atoms with E-state index in [1.165, 1.54) is 13.1 Å². The van der Waals surface area contributed by atoms with Gasteiger partial charge in [0.2, 0.25) is 0 Å². The van der Waals surface area contributed by atoms with Gasteiger partial charge < -0.3 is 10.8 Å². The molecule has 1 aromatic carbocycles. The summed E-state index contributed by atoms with van der Waals surface area (Å²) in [6.07, 6.45) is 2.95. The number of carbonyl (C=O) groups excluding carboxylic acids is 1. The van der Waals surface area contributed by atoms with E-state index in [2.05, 4.69) is 15.2 Å². The predicted octanol–water partition coefficient (Wildman–Crippen LogP) is 1.58. The number of aromatic amines is 1. The van der Waals surface area contributed by atoms with Crippen LogP contribution < -0.4 is 5.73 Å². The van der Waals surface area contributed by atoms with Gasteiger partial charge in [0.15, 0.2) is 0 Å². The third-order valence-corrected chi connectivity index (χ3v) is 2.42. The Balaban J connectivity index is 2.33. The number of aromatic nitrogens is 2. The van der Waals surface area contributed by atoms with E-state index in [4.69, 9.17) is 5.73 Å². The molecule has 1 heterocycles. The van der Waals surface area contributed by atoms with Gasteiger partial charge in [-0.3, -0.25) is 14.9 Å². The molecule has 0 bridgehead atoms. The summed E-state index contributed by atoms with van der Waals surface area (Å²) in [5, 5.41) is 17.0. The number of nitrogens with two attached hydrogens (primary N) is 1. The number of hydrogen-bond acceptors (Lipinski definition) is 4. The molecule has 0 aliphatic rings. The highest BCUT2D eigenvalue weighted by Crippen LogP contribution is 2.19. The van der Waals surface area contributed by atoms with Crippen LogP contribution >= 0.6 is 0 Å². The Kier molecular flexibility index (Phi) is 3.09. The van der Waals surface area contributed by atoms with Gasteiger partial charge in [-0.2, -0.15) is 5.10 Å². The summed E-state index contributed by atoms with van der Waals surface area (Å²) in [5.74, 6) is -0.879. The largest absolute Gasteiger partial charge is 0.512 e. The summed E-state index contributed by atoms with van der Waals surface area (Å²) in [6, 6.07) is 5.41. The molecule has 2 rings (SSSR count). The number of aliphatic hydroxyl groups is 1. The van der Waals surface area contributed by atoms with Gasteiger partial charge in [-0.05, 0) is 25.1 Å². The van der Waals surface area contributed by atoms with Gasteiger partial charge in [0, 0.05) is 11.6 Å². The number of benzene rings is 1. The van der Waals surface area contributed by atoms with Crippen LogP contribution in [0.4, 0.5) is 5.69 Å². The summed E-state index contributed by atoms with van der Waals surface area (Å²) < 4.78 is 0. The highest BCUT2D eigenvalue weighted by molar-refractivity contribution is 6.12. The molecule has 0 fully saturated rings. The highest BCUT2D eigenvalue weighted by atomic mass is 16.3. The van der Waals surface area contributed by atoms with Crippen molar-refractivity contribution in [3.8, 4) is 0 Å². The minimum Gasteiger partial charge on any atom is -0.512 e. The molecule has 0 aliphatic carbocycles. The number of nitrogens with zero attached hydrogens (tertiary/aromatic N) is 2. The van der Waals surface area contributed by atoms with Gasteiger partial charge in [0.1, 0.15) is 5.76 Å². The lowest BCUT2D eigenvalue weighted by atomic mass is 10.2. The third-order valence-electron chi connectivity index (χ3n) is 2.42. The van der Waals surface area contributed by atoms with Gasteiger partial charge in [0.05, 0.1) is 23.0 Å². The van der Waals surface area contributed by atoms with Crippen LogP contribution in [0.3, 0.4) is 0 Å². The van der Waals surface area contributed by atoms with E-state index in [0.29, 0.717) is 5.69 Å². The van der Waals surface area contributed by atoms with Crippen molar-refractivity contribution in [2.24, 2.45) is 10.7 Å². The summed E-state index contributed by atoms with van der Waals surface area (Å²) in [6.45, 7) is 1.38. The molecule has 0 saturated heterocycles. The molecule has 0 aliphatic heterocycles. The summed E-state index contributed by atoms with van der Waals surface area (Å²) in [7, 11) is 0. The Morgan fingerprint density at radius 3 is 3.00 bits per heavy atom. The number of allylic oxidation sites excluding steroid dienone is 1. The fourth-order valence-corrected chi connectivity index (χ4v) is 1.48. The predicted molar refractivity (Wildman–Crippen MR) is 68.8 cm³/mol. The first-order chi connectivity index (χ1) is 8.58. The molecule has 0 atom stereocenters. The first-order valence-electron chi connectivity index (χ1n) is 5.25. The molecule has 0 spiro atoms. The van der Waals surface area contributed by atoms with Crippen LogP contribution in [-0.4, -0.2) is 27.4 Å². The summed E-state index contributed by atoms with van der Waals surface area (Å²) in [5.41, 5.74) is 6.57. The van der Waals surface area contributed by atoms with E-state index in [0.717, 1.165) is 10.9 Å². The first kappa shape index (κ1) is 11.8. The van der Waals surface area contributed by atoms with E-state index >= 15 is 0 Å². The minimum atomic E-state index is -0.721. The van der Waals surface area contributed by atoms with Gasteiger partial charge in [0.25, 0.3) is 5.91 Å². The molecule has 1 aromatic heterocycles. The standard InChI is InChI=1S/C12H12N4O2/c1-7(17)10(12(13)18)6-14-9-3-2-8-5-15-16-11(8)4-9/h2-6,17H,1H3,(H2,13,18)(H,15,16)/b10-7+,14-6?. The van der Waals surface area contributed by atoms with Crippen molar-refractivity contribution in [1.82, 2.24) is 10.2 Å². The smallest absolute Gasteiger partial charge is 0.253 e. The van der Waals surface area contributed by atoms with Crippen molar-refractivity contribution in [2.45, 2.75) is 6.92 Å². The number of nitrogens with one attached hydrogen (secondary N) is 1. The quantitative estimate of drug-likeness (QED) is 0.433. The molecule has 0 radical (unpaired) electrons. The lowest BCUT2D eigenvalue weighted by Crippen LogP contribution is -2.16. The van der Waals surface area contributed by atoms with Gasteiger partial charge in [-0.15, -0.1) is 0 Å². The second kappa shape index (κ2) is 4.70. The number of rotatable bonds is 3. The summed E-state index contributed by atoms with van der Waals surface area (Å²) >= 11 is 0. The molecule has 6 heteroatoms. The zero-order valence-electron chi connectivity index (χ0n) is 9.71. The SMILES string of the molecule is C/C(O)=C(/C=Nc1ccc2cn[nH]c2c1)C(N)=O. The van der Waals surface area contributed by atoms with Crippen LogP contribution in [0.5, 0.6) is 0 Å². The number of hydrogen-bond donors (Lipinski definition) is 3. The molecule has 2 aromatic rings. The Morgan fingerprint density at radius 2 is 2.33 bits per heavy atom. The molecule has 18 heavy (non-hydrogen) atoms. The zero-order valence-corrected chi connectivity index (χ0v) is 9.71.